The highest BCUT2D eigenvalue weighted by molar-refractivity contribution is 4.69. The van der Waals surface area contributed by atoms with Crippen molar-refractivity contribution >= 4 is 0 Å². The number of nitrogens with zero attached hydrogens (tertiary/aromatic N) is 6. The van der Waals surface area contributed by atoms with E-state index in [9.17, 15) is 0 Å². The monoisotopic (exact) mass is 172 g/mol. The van der Waals surface area contributed by atoms with E-state index in [4.69, 9.17) is 21.3 Å². The van der Waals surface area contributed by atoms with E-state index in [-0.39, 0.29) is 6.42 Å². The molecule has 0 radical (unpaired) electrons. The molecule has 0 saturated heterocycles. The van der Waals surface area contributed by atoms with Crippen LogP contribution in [0, 0.1) is 0 Å². The van der Waals surface area contributed by atoms with Crippen molar-refractivity contribution in [2.75, 3.05) is 6.61 Å². The van der Waals surface area contributed by atoms with Crippen LogP contribution in [0.5, 0.6) is 0 Å². The van der Waals surface area contributed by atoms with Gasteiger partial charge in [-0.2, -0.15) is 0 Å². The first-order valence-corrected chi connectivity index (χ1v) is 3.12. The van der Waals surface area contributed by atoms with Crippen molar-refractivity contribution in [1.82, 2.24) is 0 Å². The van der Waals surface area contributed by atoms with Crippen molar-refractivity contribution in [3.8, 4) is 0 Å². The van der Waals surface area contributed by atoms with Gasteiger partial charge in [0.25, 0.3) is 0 Å². The van der Waals surface area contributed by atoms with Gasteiger partial charge in [0.2, 0.25) is 0 Å². The number of aliphatic hydroxyl groups excluding tert-OH is 2. The number of rotatable bonds is 5. The summed E-state index contributed by atoms with van der Waals surface area (Å²) in [7, 11) is 0. The molecule has 0 amide bonds. The van der Waals surface area contributed by atoms with Gasteiger partial charge in [-0.3, -0.25) is 0 Å². The Balaban J connectivity index is 4.12. The molecule has 0 rings (SSSR count). The van der Waals surface area contributed by atoms with Crippen LogP contribution < -0.4 is 0 Å². The average Bonchev–Trinajstić information content (AvgIpc) is 2.05. The summed E-state index contributed by atoms with van der Waals surface area (Å²) in [6, 6.07) is 0. The van der Waals surface area contributed by atoms with Crippen LogP contribution in [0.4, 0.5) is 0 Å². The lowest BCUT2D eigenvalue weighted by Crippen LogP contribution is -2.17. The van der Waals surface area contributed by atoms with Crippen molar-refractivity contribution < 1.29 is 10.2 Å². The number of aliphatic hydroxyl groups is 2. The zero-order valence-corrected chi connectivity index (χ0v) is 6.15. The normalized spacial score (nSPS) is 13.8. The maximum atomic E-state index is 8.86. The van der Waals surface area contributed by atoms with Crippen molar-refractivity contribution in [3.63, 3.8) is 0 Å². The van der Waals surface area contributed by atoms with Gasteiger partial charge < -0.3 is 10.2 Å². The Morgan fingerprint density at radius 1 is 1.25 bits per heavy atom. The SMILES string of the molecule is [N-]=[N+]=NC(CC(O)CO)N=[N+]=[N-]. The van der Waals surface area contributed by atoms with E-state index in [0.717, 1.165) is 0 Å². The van der Waals surface area contributed by atoms with Crippen LogP contribution in [0.1, 0.15) is 6.42 Å². The van der Waals surface area contributed by atoms with Gasteiger partial charge in [0.05, 0.1) is 12.7 Å². The quantitative estimate of drug-likeness (QED) is 0.357. The third-order valence-electron chi connectivity index (χ3n) is 1.06. The van der Waals surface area contributed by atoms with E-state index in [1.54, 1.807) is 0 Å². The summed E-state index contributed by atoms with van der Waals surface area (Å²) >= 11 is 0. The maximum absolute atomic E-state index is 8.86. The van der Waals surface area contributed by atoms with Crippen molar-refractivity contribution in [2.24, 2.45) is 10.2 Å². The minimum atomic E-state index is -1.04. The molecule has 1 atom stereocenters. The Labute approximate surface area is 67.7 Å². The van der Waals surface area contributed by atoms with Crippen molar-refractivity contribution in [2.45, 2.75) is 18.7 Å². The molecule has 0 aliphatic rings. The van der Waals surface area contributed by atoms with Gasteiger partial charge in [-0.1, -0.05) is 10.2 Å². The summed E-state index contributed by atoms with van der Waals surface area (Å²) in [6.07, 6.45) is -2.10. The molecule has 0 aliphatic heterocycles. The second-order valence-corrected chi connectivity index (χ2v) is 1.96. The third kappa shape index (κ3) is 4.37. The first kappa shape index (κ1) is 10.5. The molecule has 1 unspecified atom stereocenters. The molecule has 0 aromatic heterocycles. The lowest BCUT2D eigenvalue weighted by atomic mass is 10.2. The largest absolute Gasteiger partial charge is 0.394 e. The summed E-state index contributed by atoms with van der Waals surface area (Å²) in [6.45, 7) is -0.460. The molecule has 0 aromatic rings. The number of hydrogen-bond donors (Lipinski definition) is 2. The lowest BCUT2D eigenvalue weighted by Gasteiger charge is -2.07. The van der Waals surface area contributed by atoms with Crippen LogP contribution in [0.25, 0.3) is 20.9 Å². The van der Waals surface area contributed by atoms with Crippen LogP contribution in [0.15, 0.2) is 10.2 Å². The van der Waals surface area contributed by atoms with Crippen LogP contribution in [-0.4, -0.2) is 29.1 Å². The third-order valence-corrected chi connectivity index (χ3v) is 1.06. The van der Waals surface area contributed by atoms with E-state index < -0.39 is 18.9 Å². The summed E-state index contributed by atoms with van der Waals surface area (Å²) < 4.78 is 0. The van der Waals surface area contributed by atoms with Gasteiger partial charge in [0.15, 0.2) is 0 Å². The molecule has 0 saturated carbocycles. The Hall–Kier alpha value is -1.46. The molecular formula is C4H8N6O2. The van der Waals surface area contributed by atoms with Gasteiger partial charge in [-0.25, -0.2) is 0 Å². The number of azide groups is 1. The molecule has 12 heavy (non-hydrogen) atoms. The van der Waals surface area contributed by atoms with Gasteiger partial charge in [0, 0.05) is 9.82 Å². The van der Waals surface area contributed by atoms with E-state index >= 15 is 0 Å². The fourth-order valence-electron chi connectivity index (χ4n) is 0.554. The molecule has 2 N–H and O–H groups in total. The highest BCUT2D eigenvalue weighted by Crippen LogP contribution is 2.04. The predicted octanol–water partition coefficient (Wildman–Crippen LogP) is 0.676. The first-order valence-electron chi connectivity index (χ1n) is 3.12. The first-order chi connectivity index (χ1) is 5.74. The second kappa shape index (κ2) is 6.26. The molecule has 8 nitrogen and oxygen atoms in total. The summed E-state index contributed by atoms with van der Waals surface area (Å²) in [4.78, 5) is 4.82. The zero-order chi connectivity index (χ0) is 9.40. The molecule has 0 aromatic carbocycles. The van der Waals surface area contributed by atoms with Crippen LogP contribution in [-0.2, 0) is 0 Å². The zero-order valence-electron chi connectivity index (χ0n) is 6.15. The van der Waals surface area contributed by atoms with E-state index in [1.165, 1.54) is 0 Å². The smallest absolute Gasteiger partial charge is 0.118 e. The summed E-state index contributed by atoms with van der Waals surface area (Å²) in [5.74, 6) is 0. The second-order valence-electron chi connectivity index (χ2n) is 1.96. The fourth-order valence-corrected chi connectivity index (χ4v) is 0.554. The molecule has 0 aliphatic carbocycles. The van der Waals surface area contributed by atoms with Crippen LogP contribution in [0.2, 0.25) is 0 Å². The highest BCUT2D eigenvalue weighted by atomic mass is 16.3. The topological polar surface area (TPSA) is 138 Å². The van der Waals surface area contributed by atoms with Crippen LogP contribution >= 0.6 is 0 Å². The maximum Gasteiger partial charge on any atom is 0.118 e. The van der Waals surface area contributed by atoms with Crippen LogP contribution in [0.3, 0.4) is 0 Å². The predicted molar refractivity (Wildman–Crippen MR) is 39.8 cm³/mol. The minimum absolute atomic E-state index is 0.0787. The molecule has 0 heterocycles. The fraction of sp³-hybridized carbons (Fsp3) is 1.00. The summed E-state index contributed by atoms with van der Waals surface area (Å²) in [5, 5.41) is 23.4. The van der Waals surface area contributed by atoms with Gasteiger partial charge >= 0.3 is 0 Å². The van der Waals surface area contributed by atoms with E-state index in [1.807, 2.05) is 0 Å². The van der Waals surface area contributed by atoms with Crippen molar-refractivity contribution in [1.29, 1.82) is 0 Å². The van der Waals surface area contributed by atoms with Gasteiger partial charge in [-0.15, -0.1) is 0 Å². The molecule has 8 heteroatoms. The Bertz CT molecular complexity index is 200. The molecule has 0 spiro atoms. The minimum Gasteiger partial charge on any atom is -0.394 e. The van der Waals surface area contributed by atoms with E-state index in [0.29, 0.717) is 0 Å². The van der Waals surface area contributed by atoms with Crippen molar-refractivity contribution in [3.05, 3.63) is 20.9 Å². The molecule has 66 valence electrons. The van der Waals surface area contributed by atoms with Gasteiger partial charge in [0.1, 0.15) is 6.17 Å². The summed E-state index contributed by atoms with van der Waals surface area (Å²) in [5.41, 5.74) is 16.0. The average molecular weight is 172 g/mol. The number of hydrogen-bond acceptors (Lipinski definition) is 4. The highest BCUT2D eigenvalue weighted by Gasteiger charge is 2.09. The standard InChI is InChI=1S/C4H8N6O2/c5-9-7-4(8-10-6)1-3(12)2-11/h3-4,11-12H,1-2H2. The van der Waals surface area contributed by atoms with E-state index in [2.05, 4.69) is 20.1 Å². The molecule has 0 fully saturated rings. The Kier molecular flexibility index (Phi) is 5.50. The molecular weight excluding hydrogens is 164 g/mol. The Morgan fingerprint density at radius 2 is 1.75 bits per heavy atom. The molecule has 0 bridgehead atoms. The van der Waals surface area contributed by atoms with Gasteiger partial charge in [-0.05, 0) is 17.5 Å². The Morgan fingerprint density at radius 3 is 2.08 bits per heavy atom. The lowest BCUT2D eigenvalue weighted by molar-refractivity contribution is 0.0832.